The molecule has 3 aromatic rings. The highest BCUT2D eigenvalue weighted by Gasteiger charge is 2.19. The van der Waals surface area contributed by atoms with Gasteiger partial charge in [-0.3, -0.25) is 0 Å². The maximum Gasteiger partial charge on any atom is 0.198 e. The van der Waals surface area contributed by atoms with Crippen molar-refractivity contribution in [3.8, 4) is 0 Å². The fraction of sp³-hybridized carbons (Fsp3) is 0. The first-order valence-electron chi connectivity index (χ1n) is 6.38. The molecule has 1 heterocycles. The lowest BCUT2D eigenvalue weighted by molar-refractivity contribution is 0.319. The highest BCUT2D eigenvalue weighted by atomic mass is 79.9. The summed E-state index contributed by atoms with van der Waals surface area (Å²) in [5, 5.41) is 15.2. The van der Waals surface area contributed by atoms with Crippen LogP contribution in [0.5, 0.6) is 0 Å². The van der Waals surface area contributed by atoms with E-state index in [4.69, 9.17) is 5.73 Å². The Balaban J connectivity index is 2.12. The van der Waals surface area contributed by atoms with Crippen molar-refractivity contribution in [2.24, 2.45) is 5.16 Å². The molecule has 118 valence electrons. The second-order valence-corrected chi connectivity index (χ2v) is 5.57. The number of anilines is 2. The van der Waals surface area contributed by atoms with Crippen LogP contribution in [0.4, 0.5) is 20.4 Å². The molecule has 23 heavy (non-hydrogen) atoms. The van der Waals surface area contributed by atoms with Crippen molar-refractivity contribution >= 4 is 44.4 Å². The molecule has 0 radical (unpaired) electrons. The summed E-state index contributed by atoms with van der Waals surface area (Å²) in [6.07, 6.45) is 0. The molecule has 0 amide bonds. The van der Waals surface area contributed by atoms with Crippen LogP contribution in [0.25, 0.3) is 11.0 Å². The van der Waals surface area contributed by atoms with Gasteiger partial charge in [-0.1, -0.05) is 27.2 Å². The molecular weight excluding hydrogens is 372 g/mol. The topological polar surface area (TPSA) is 99.3 Å². The zero-order valence-corrected chi connectivity index (χ0v) is 13.0. The first-order chi connectivity index (χ1) is 11.0. The molecule has 0 fully saturated rings. The summed E-state index contributed by atoms with van der Waals surface area (Å²) in [6, 6.07) is 7.91. The van der Waals surface area contributed by atoms with E-state index in [2.05, 4.69) is 36.4 Å². The van der Waals surface area contributed by atoms with Crippen LogP contribution in [0, 0.1) is 11.6 Å². The number of rotatable bonds is 2. The lowest BCUT2D eigenvalue weighted by Gasteiger charge is -2.10. The van der Waals surface area contributed by atoms with Gasteiger partial charge in [0.05, 0.1) is 5.52 Å². The molecule has 0 atom stereocenters. The van der Waals surface area contributed by atoms with Crippen LogP contribution in [0.15, 0.2) is 40.0 Å². The van der Waals surface area contributed by atoms with Gasteiger partial charge in [0.25, 0.3) is 0 Å². The number of nitrogen functional groups attached to an aromatic ring is 1. The van der Waals surface area contributed by atoms with Crippen molar-refractivity contribution in [1.29, 1.82) is 0 Å². The minimum Gasteiger partial charge on any atom is -0.409 e. The van der Waals surface area contributed by atoms with Gasteiger partial charge in [0.15, 0.2) is 23.4 Å². The van der Waals surface area contributed by atoms with Crippen molar-refractivity contribution in [2.75, 3.05) is 11.1 Å². The van der Waals surface area contributed by atoms with Crippen LogP contribution in [-0.2, 0) is 0 Å². The maximum absolute atomic E-state index is 13.8. The van der Waals surface area contributed by atoms with Gasteiger partial charge in [0.1, 0.15) is 5.52 Å². The van der Waals surface area contributed by atoms with Crippen LogP contribution in [-0.4, -0.2) is 21.0 Å². The number of amidine groups is 1. The average molecular weight is 382 g/mol. The summed E-state index contributed by atoms with van der Waals surface area (Å²) in [4.78, 5) is 6.33. The number of hydrogen-bond donors (Lipinski definition) is 4. The fourth-order valence-electron chi connectivity index (χ4n) is 2.16. The molecule has 0 aliphatic heterocycles. The first-order valence-corrected chi connectivity index (χ1v) is 7.17. The van der Waals surface area contributed by atoms with E-state index in [-0.39, 0.29) is 28.4 Å². The molecule has 0 unspecified atom stereocenters. The van der Waals surface area contributed by atoms with Crippen LogP contribution < -0.4 is 11.1 Å². The van der Waals surface area contributed by atoms with Gasteiger partial charge < -0.3 is 21.2 Å². The smallest absolute Gasteiger partial charge is 0.198 e. The lowest BCUT2D eigenvalue weighted by Crippen LogP contribution is -2.15. The Morgan fingerprint density at radius 2 is 2.13 bits per heavy atom. The van der Waals surface area contributed by atoms with Crippen molar-refractivity contribution < 1.29 is 14.0 Å². The standard InChI is InChI=1S/C14H10BrF2N5O/c15-6-2-1-3-7(4-6)19-13(22-23)8-5-9(16)10(17)12-11(8)20-14(18)21-12/h1-5,23H,(H,19,22)(H3,18,20,21). The third-order valence-corrected chi connectivity index (χ3v) is 3.62. The van der Waals surface area contributed by atoms with Crippen LogP contribution in [0.2, 0.25) is 0 Å². The number of aromatic nitrogens is 2. The molecule has 6 nitrogen and oxygen atoms in total. The van der Waals surface area contributed by atoms with Crippen LogP contribution in [0.1, 0.15) is 5.56 Å². The third kappa shape index (κ3) is 2.82. The Kier molecular flexibility index (Phi) is 3.87. The molecule has 5 N–H and O–H groups in total. The van der Waals surface area contributed by atoms with Crippen molar-refractivity contribution in [3.05, 3.63) is 52.0 Å². The minimum atomic E-state index is -1.13. The number of benzene rings is 2. The van der Waals surface area contributed by atoms with E-state index in [0.29, 0.717) is 5.69 Å². The highest BCUT2D eigenvalue weighted by Crippen LogP contribution is 2.25. The monoisotopic (exact) mass is 381 g/mol. The molecule has 3 rings (SSSR count). The molecule has 2 aromatic carbocycles. The van der Waals surface area contributed by atoms with Gasteiger partial charge in [0.2, 0.25) is 0 Å². The van der Waals surface area contributed by atoms with E-state index in [0.717, 1.165) is 10.5 Å². The zero-order valence-electron chi connectivity index (χ0n) is 11.4. The number of oxime groups is 1. The Morgan fingerprint density at radius 3 is 2.83 bits per heavy atom. The number of halogens is 3. The number of nitrogens with one attached hydrogen (secondary N) is 2. The number of H-pyrrole nitrogens is 1. The van der Waals surface area contributed by atoms with Crippen LogP contribution in [0.3, 0.4) is 0 Å². The van der Waals surface area contributed by atoms with E-state index in [1.807, 2.05) is 6.07 Å². The largest absolute Gasteiger partial charge is 0.409 e. The van der Waals surface area contributed by atoms with Gasteiger partial charge >= 0.3 is 0 Å². The zero-order chi connectivity index (χ0) is 16.6. The highest BCUT2D eigenvalue weighted by molar-refractivity contribution is 9.10. The molecule has 1 aromatic heterocycles. The van der Waals surface area contributed by atoms with E-state index in [9.17, 15) is 14.0 Å². The third-order valence-electron chi connectivity index (χ3n) is 3.12. The summed E-state index contributed by atoms with van der Waals surface area (Å²) in [7, 11) is 0. The predicted molar refractivity (Wildman–Crippen MR) is 86.5 cm³/mol. The van der Waals surface area contributed by atoms with Crippen molar-refractivity contribution in [3.63, 3.8) is 0 Å². The molecule has 0 aliphatic rings. The van der Waals surface area contributed by atoms with E-state index in [1.165, 1.54) is 0 Å². The van der Waals surface area contributed by atoms with Gasteiger partial charge in [-0.05, 0) is 24.3 Å². The number of aromatic amines is 1. The van der Waals surface area contributed by atoms with E-state index in [1.54, 1.807) is 18.2 Å². The van der Waals surface area contributed by atoms with Gasteiger partial charge in [-0.2, -0.15) is 0 Å². The molecule has 0 aliphatic carbocycles. The van der Waals surface area contributed by atoms with E-state index >= 15 is 0 Å². The molecule has 0 saturated carbocycles. The van der Waals surface area contributed by atoms with Crippen LogP contribution >= 0.6 is 15.9 Å². The number of imidazole rings is 1. The maximum atomic E-state index is 13.8. The second kappa shape index (κ2) is 5.84. The fourth-order valence-corrected chi connectivity index (χ4v) is 2.56. The van der Waals surface area contributed by atoms with Crippen molar-refractivity contribution in [2.45, 2.75) is 0 Å². The summed E-state index contributed by atoms with van der Waals surface area (Å²) >= 11 is 3.31. The number of nitrogens with zero attached hydrogens (tertiary/aromatic N) is 2. The summed E-state index contributed by atoms with van der Waals surface area (Å²) in [5.74, 6) is -2.42. The minimum absolute atomic E-state index is 0.0782. The predicted octanol–water partition coefficient (Wildman–Crippen LogP) is 3.43. The average Bonchev–Trinajstić information content (AvgIpc) is 2.91. The molecule has 0 spiro atoms. The SMILES string of the molecule is Nc1nc2c(F)c(F)cc(/C(=N/O)Nc3cccc(Br)c3)c2[nH]1. The number of fused-ring (bicyclic) bond motifs is 1. The Morgan fingerprint density at radius 1 is 1.35 bits per heavy atom. The number of hydrogen-bond acceptors (Lipinski definition) is 4. The molecular formula is C14H10BrF2N5O. The first kappa shape index (κ1) is 15.2. The number of nitrogens with two attached hydrogens (primary N) is 1. The summed E-state index contributed by atoms with van der Waals surface area (Å²) in [5.41, 5.74) is 6.03. The second-order valence-electron chi connectivity index (χ2n) is 4.65. The Hall–Kier alpha value is -2.68. The Bertz CT molecular complexity index is 925. The van der Waals surface area contributed by atoms with Gasteiger partial charge in [-0.15, -0.1) is 0 Å². The molecule has 0 saturated heterocycles. The normalized spacial score (nSPS) is 11.9. The Labute approximate surface area is 137 Å². The summed E-state index contributed by atoms with van der Waals surface area (Å²) in [6.45, 7) is 0. The van der Waals surface area contributed by atoms with Gasteiger partial charge in [-0.25, -0.2) is 13.8 Å². The molecule has 9 heteroatoms. The lowest BCUT2D eigenvalue weighted by atomic mass is 10.1. The molecule has 0 bridgehead atoms. The van der Waals surface area contributed by atoms with Crippen molar-refractivity contribution in [1.82, 2.24) is 9.97 Å². The summed E-state index contributed by atoms with van der Waals surface area (Å²) < 4.78 is 28.4. The quantitative estimate of drug-likeness (QED) is 0.236. The van der Waals surface area contributed by atoms with Gasteiger partial charge in [0, 0.05) is 15.7 Å². The van der Waals surface area contributed by atoms with E-state index < -0.39 is 11.6 Å².